The van der Waals surface area contributed by atoms with Crippen LogP contribution in [-0.2, 0) is 9.53 Å². The highest BCUT2D eigenvalue weighted by atomic mass is 19.1. The Kier molecular flexibility index (Phi) is 11.0. The normalized spacial score (nSPS) is 10.2. The summed E-state index contributed by atoms with van der Waals surface area (Å²) < 4.78 is 16.9. The molecule has 0 atom stereocenters. The molecule has 100 valence electrons. The fourth-order valence-electron chi connectivity index (χ4n) is 1.56. The van der Waals surface area contributed by atoms with Crippen LogP contribution in [0.5, 0.6) is 0 Å². The number of hydrogen-bond acceptors (Lipinski definition) is 2. The summed E-state index contributed by atoms with van der Waals surface area (Å²) in [4.78, 5) is 11.0. The fourth-order valence-corrected chi connectivity index (χ4v) is 1.56. The predicted octanol–water partition coefficient (Wildman–Crippen LogP) is 4.20. The zero-order valence-electron chi connectivity index (χ0n) is 11.0. The van der Waals surface area contributed by atoms with Crippen molar-refractivity contribution in [2.24, 2.45) is 0 Å². The van der Waals surface area contributed by atoms with Crippen LogP contribution in [0.4, 0.5) is 4.39 Å². The van der Waals surface area contributed by atoms with Gasteiger partial charge in [0.2, 0.25) is 0 Å². The number of alkyl halides is 1. The van der Waals surface area contributed by atoms with Gasteiger partial charge in [0.15, 0.2) is 0 Å². The molecule has 2 nitrogen and oxygen atoms in total. The third-order valence-electron chi connectivity index (χ3n) is 2.68. The number of ether oxygens (including phenoxy) is 1. The van der Waals surface area contributed by atoms with E-state index in [-0.39, 0.29) is 5.57 Å². The lowest BCUT2D eigenvalue weighted by atomic mass is 10.1. The number of carbonyl (C=O) groups is 1. The van der Waals surface area contributed by atoms with E-state index in [0.717, 1.165) is 12.8 Å². The summed E-state index contributed by atoms with van der Waals surface area (Å²) in [5.74, 6) is -0.601. The summed E-state index contributed by atoms with van der Waals surface area (Å²) >= 11 is 0. The Labute approximate surface area is 104 Å². The molecule has 0 aliphatic carbocycles. The van der Waals surface area contributed by atoms with E-state index in [0.29, 0.717) is 6.61 Å². The molecule has 0 radical (unpaired) electrons. The second-order valence-electron chi connectivity index (χ2n) is 4.35. The molecule has 0 N–H and O–H groups in total. The zero-order chi connectivity index (χ0) is 12.9. The predicted molar refractivity (Wildman–Crippen MR) is 68.7 cm³/mol. The summed E-state index contributed by atoms with van der Waals surface area (Å²) in [6.07, 6.45) is 9.59. The second kappa shape index (κ2) is 11.6. The molecule has 0 aromatic rings. The van der Waals surface area contributed by atoms with Gasteiger partial charge in [0.1, 0.15) is 6.67 Å². The molecular weight excluding hydrogens is 219 g/mol. The Bertz CT molecular complexity index is 214. The van der Waals surface area contributed by atoms with Crippen LogP contribution in [0.15, 0.2) is 12.2 Å². The van der Waals surface area contributed by atoms with Gasteiger partial charge in [-0.2, -0.15) is 0 Å². The van der Waals surface area contributed by atoms with Gasteiger partial charge in [0.05, 0.1) is 12.2 Å². The summed E-state index contributed by atoms with van der Waals surface area (Å²) in [6, 6.07) is 0. The van der Waals surface area contributed by atoms with Gasteiger partial charge in [-0.05, 0) is 6.42 Å². The van der Waals surface area contributed by atoms with Crippen LogP contribution in [0.25, 0.3) is 0 Å². The van der Waals surface area contributed by atoms with Crippen molar-refractivity contribution in [1.82, 2.24) is 0 Å². The Morgan fingerprint density at radius 1 is 1.06 bits per heavy atom. The topological polar surface area (TPSA) is 26.3 Å². The first-order valence-electron chi connectivity index (χ1n) is 6.63. The Hall–Kier alpha value is -0.860. The molecule has 17 heavy (non-hydrogen) atoms. The Morgan fingerprint density at radius 3 is 2.12 bits per heavy atom. The maximum Gasteiger partial charge on any atom is 0.336 e. The molecule has 0 aromatic heterocycles. The van der Waals surface area contributed by atoms with Crippen LogP contribution in [0.2, 0.25) is 0 Å². The van der Waals surface area contributed by atoms with Gasteiger partial charge in [-0.1, -0.05) is 58.4 Å². The van der Waals surface area contributed by atoms with E-state index >= 15 is 0 Å². The van der Waals surface area contributed by atoms with Crippen molar-refractivity contribution in [3.63, 3.8) is 0 Å². The van der Waals surface area contributed by atoms with E-state index in [4.69, 9.17) is 4.74 Å². The van der Waals surface area contributed by atoms with Crippen molar-refractivity contribution in [3.8, 4) is 0 Å². The number of carbonyl (C=O) groups excluding carboxylic acids is 1. The molecule has 0 saturated heterocycles. The zero-order valence-corrected chi connectivity index (χ0v) is 11.0. The molecule has 0 amide bonds. The van der Waals surface area contributed by atoms with E-state index in [9.17, 15) is 9.18 Å². The maximum atomic E-state index is 12.0. The molecule has 0 heterocycles. The average molecular weight is 244 g/mol. The van der Waals surface area contributed by atoms with Crippen molar-refractivity contribution < 1.29 is 13.9 Å². The summed E-state index contributed by atoms with van der Waals surface area (Å²) in [5.41, 5.74) is -0.0930. The van der Waals surface area contributed by atoms with E-state index in [1.54, 1.807) is 0 Å². The van der Waals surface area contributed by atoms with Crippen molar-refractivity contribution in [3.05, 3.63) is 12.2 Å². The Balaban J connectivity index is 3.18. The minimum absolute atomic E-state index is 0.0930. The van der Waals surface area contributed by atoms with E-state index in [1.807, 2.05) is 0 Å². The SMILES string of the molecule is C=C(CF)C(=O)OCCCCCCCCCC. The number of rotatable bonds is 11. The van der Waals surface area contributed by atoms with Crippen molar-refractivity contribution in [1.29, 1.82) is 0 Å². The van der Waals surface area contributed by atoms with E-state index < -0.39 is 12.6 Å². The lowest BCUT2D eigenvalue weighted by Gasteiger charge is -2.04. The smallest absolute Gasteiger partial charge is 0.336 e. The van der Waals surface area contributed by atoms with Crippen LogP contribution in [0, 0.1) is 0 Å². The number of unbranched alkanes of at least 4 members (excludes halogenated alkanes) is 7. The van der Waals surface area contributed by atoms with Gasteiger partial charge in [0.25, 0.3) is 0 Å². The number of hydrogen-bond donors (Lipinski definition) is 0. The summed E-state index contributed by atoms with van der Waals surface area (Å²) in [7, 11) is 0. The van der Waals surface area contributed by atoms with Gasteiger partial charge in [-0.3, -0.25) is 0 Å². The highest BCUT2D eigenvalue weighted by Gasteiger charge is 2.06. The van der Waals surface area contributed by atoms with Crippen LogP contribution < -0.4 is 0 Å². The quantitative estimate of drug-likeness (QED) is 0.309. The maximum absolute atomic E-state index is 12.0. The first-order valence-corrected chi connectivity index (χ1v) is 6.63. The van der Waals surface area contributed by atoms with Crippen LogP contribution in [-0.4, -0.2) is 19.3 Å². The van der Waals surface area contributed by atoms with Gasteiger partial charge in [-0.15, -0.1) is 0 Å². The highest BCUT2D eigenvalue weighted by molar-refractivity contribution is 5.87. The number of esters is 1. The molecule has 0 aromatic carbocycles. The van der Waals surface area contributed by atoms with E-state index in [1.165, 1.54) is 38.5 Å². The first kappa shape index (κ1) is 16.1. The largest absolute Gasteiger partial charge is 0.462 e. The lowest BCUT2D eigenvalue weighted by molar-refractivity contribution is -0.139. The van der Waals surface area contributed by atoms with Crippen LogP contribution in [0.1, 0.15) is 58.3 Å². The molecule has 3 heteroatoms. The molecule has 0 spiro atoms. The molecule has 0 unspecified atom stereocenters. The van der Waals surface area contributed by atoms with Gasteiger partial charge < -0.3 is 4.74 Å². The minimum atomic E-state index is -0.823. The van der Waals surface area contributed by atoms with Gasteiger partial charge >= 0.3 is 5.97 Å². The van der Waals surface area contributed by atoms with Crippen LogP contribution >= 0.6 is 0 Å². The summed E-state index contributed by atoms with van der Waals surface area (Å²) in [6.45, 7) is 5.05. The molecule has 0 bridgehead atoms. The summed E-state index contributed by atoms with van der Waals surface area (Å²) in [5, 5.41) is 0. The molecule has 0 fully saturated rings. The standard InChI is InChI=1S/C14H25FO2/c1-3-4-5-6-7-8-9-10-11-17-14(16)13(2)12-15/h2-12H2,1H3. The fraction of sp³-hybridized carbons (Fsp3) is 0.786. The molecular formula is C14H25FO2. The lowest BCUT2D eigenvalue weighted by Crippen LogP contribution is -2.09. The molecule has 0 rings (SSSR count). The third kappa shape index (κ3) is 10.0. The molecule has 0 aliphatic heterocycles. The van der Waals surface area contributed by atoms with Crippen molar-refractivity contribution >= 4 is 5.97 Å². The molecule has 0 aliphatic rings. The first-order chi connectivity index (χ1) is 8.22. The van der Waals surface area contributed by atoms with Gasteiger partial charge in [0, 0.05) is 0 Å². The average Bonchev–Trinajstić information content (AvgIpc) is 2.35. The highest BCUT2D eigenvalue weighted by Crippen LogP contribution is 2.08. The van der Waals surface area contributed by atoms with Crippen LogP contribution in [0.3, 0.4) is 0 Å². The monoisotopic (exact) mass is 244 g/mol. The van der Waals surface area contributed by atoms with Gasteiger partial charge in [-0.25, -0.2) is 9.18 Å². The Morgan fingerprint density at radius 2 is 1.59 bits per heavy atom. The minimum Gasteiger partial charge on any atom is -0.462 e. The molecule has 0 saturated carbocycles. The van der Waals surface area contributed by atoms with E-state index in [2.05, 4.69) is 13.5 Å². The van der Waals surface area contributed by atoms with Crippen molar-refractivity contribution in [2.75, 3.05) is 13.3 Å². The number of halogens is 1. The third-order valence-corrected chi connectivity index (χ3v) is 2.68. The van der Waals surface area contributed by atoms with Crippen molar-refractivity contribution in [2.45, 2.75) is 58.3 Å². The second-order valence-corrected chi connectivity index (χ2v) is 4.35.